The molecule has 0 saturated heterocycles. The minimum atomic E-state index is 0.772. The highest BCUT2D eigenvalue weighted by Crippen LogP contribution is 2.30. The van der Waals surface area contributed by atoms with Crippen molar-refractivity contribution < 1.29 is 0 Å². The van der Waals surface area contributed by atoms with Gasteiger partial charge in [-0.2, -0.15) is 0 Å². The van der Waals surface area contributed by atoms with E-state index in [-0.39, 0.29) is 0 Å². The quantitative estimate of drug-likeness (QED) is 0.261. The Balaban J connectivity index is 1.30. The summed E-state index contributed by atoms with van der Waals surface area (Å²) in [6.45, 7) is 0. The number of rotatable bonds is 5. The van der Waals surface area contributed by atoms with Gasteiger partial charge in [-0.25, -0.2) is 4.68 Å². The Morgan fingerprint density at radius 1 is 0.395 bits per heavy atom. The fraction of sp³-hybridized carbons (Fsp3) is 0. The maximum Gasteiger partial charge on any atom is 0.168 e. The SMILES string of the molecule is c1ccc(-c2ccc(-c3nnc(-c4ccc(-n5nnc6ccccc65)cc4)n3-c3ccccc3)cc2)cc1. The molecule has 6 nitrogen and oxygen atoms in total. The number of para-hydroxylation sites is 2. The van der Waals surface area contributed by atoms with Crippen LogP contribution in [0, 0.1) is 0 Å². The average molecular weight is 491 g/mol. The third-order valence-electron chi connectivity index (χ3n) is 6.65. The average Bonchev–Trinajstić information content (AvgIpc) is 3.64. The molecule has 0 unspecified atom stereocenters. The van der Waals surface area contributed by atoms with Crippen molar-refractivity contribution in [3.63, 3.8) is 0 Å². The number of aromatic nitrogens is 6. The van der Waals surface area contributed by atoms with Crippen LogP contribution < -0.4 is 0 Å². The largest absolute Gasteiger partial charge is 0.275 e. The van der Waals surface area contributed by atoms with Crippen molar-refractivity contribution in [1.29, 1.82) is 0 Å². The zero-order chi connectivity index (χ0) is 25.3. The highest BCUT2D eigenvalue weighted by molar-refractivity contribution is 5.76. The Morgan fingerprint density at radius 3 is 1.61 bits per heavy atom. The van der Waals surface area contributed by atoms with Gasteiger partial charge in [-0.05, 0) is 59.7 Å². The predicted octanol–water partition coefficient (Wildman–Crippen LogP) is 7.00. The molecule has 5 aromatic carbocycles. The fourth-order valence-electron chi connectivity index (χ4n) is 4.73. The molecule has 38 heavy (non-hydrogen) atoms. The third-order valence-corrected chi connectivity index (χ3v) is 6.65. The van der Waals surface area contributed by atoms with Gasteiger partial charge in [-0.1, -0.05) is 90.1 Å². The van der Waals surface area contributed by atoms with Crippen LogP contribution in [0.1, 0.15) is 0 Å². The Bertz CT molecular complexity index is 1830. The van der Waals surface area contributed by atoms with Crippen LogP contribution in [-0.2, 0) is 0 Å². The highest BCUT2D eigenvalue weighted by Gasteiger charge is 2.18. The summed E-state index contributed by atoms with van der Waals surface area (Å²) >= 11 is 0. The lowest BCUT2D eigenvalue weighted by atomic mass is 10.0. The maximum atomic E-state index is 4.64. The van der Waals surface area contributed by atoms with E-state index in [1.165, 1.54) is 5.56 Å². The van der Waals surface area contributed by atoms with Gasteiger partial charge in [-0.3, -0.25) is 4.57 Å². The molecule has 0 aliphatic heterocycles. The Kier molecular flexibility index (Phi) is 5.33. The zero-order valence-corrected chi connectivity index (χ0v) is 20.4. The summed E-state index contributed by atoms with van der Waals surface area (Å²) in [6.07, 6.45) is 0. The van der Waals surface area contributed by atoms with Gasteiger partial charge in [0.1, 0.15) is 5.52 Å². The number of hydrogen-bond acceptors (Lipinski definition) is 4. The molecule has 2 aromatic heterocycles. The van der Waals surface area contributed by atoms with E-state index in [0.29, 0.717) is 0 Å². The second kappa shape index (κ2) is 9.26. The fourth-order valence-corrected chi connectivity index (χ4v) is 4.73. The van der Waals surface area contributed by atoms with E-state index in [9.17, 15) is 0 Å². The van der Waals surface area contributed by atoms with Gasteiger partial charge in [0.05, 0.1) is 11.2 Å². The molecule has 7 rings (SSSR count). The zero-order valence-electron chi connectivity index (χ0n) is 20.4. The summed E-state index contributed by atoms with van der Waals surface area (Å²) in [4.78, 5) is 0. The molecular weight excluding hydrogens is 468 g/mol. The van der Waals surface area contributed by atoms with Gasteiger partial charge in [0.2, 0.25) is 0 Å². The van der Waals surface area contributed by atoms with Crippen LogP contribution in [0.4, 0.5) is 0 Å². The lowest BCUT2D eigenvalue weighted by molar-refractivity contribution is 0.824. The first kappa shape index (κ1) is 21.9. The van der Waals surface area contributed by atoms with Crippen LogP contribution in [0.3, 0.4) is 0 Å². The van der Waals surface area contributed by atoms with Crippen LogP contribution in [0.2, 0.25) is 0 Å². The topological polar surface area (TPSA) is 61.4 Å². The van der Waals surface area contributed by atoms with E-state index in [1.54, 1.807) is 0 Å². The lowest BCUT2D eigenvalue weighted by Crippen LogP contribution is -2.01. The molecular formula is C32H22N6. The van der Waals surface area contributed by atoms with E-state index in [0.717, 1.165) is 50.7 Å². The molecule has 0 fully saturated rings. The van der Waals surface area contributed by atoms with Crippen LogP contribution >= 0.6 is 0 Å². The minimum absolute atomic E-state index is 0.772. The van der Waals surface area contributed by atoms with Crippen molar-refractivity contribution in [2.45, 2.75) is 0 Å². The van der Waals surface area contributed by atoms with E-state index < -0.39 is 0 Å². The van der Waals surface area contributed by atoms with Crippen molar-refractivity contribution in [2.75, 3.05) is 0 Å². The highest BCUT2D eigenvalue weighted by atomic mass is 15.4. The molecule has 7 aromatic rings. The summed E-state index contributed by atoms with van der Waals surface area (Å²) in [5.41, 5.74) is 8.07. The smallest absolute Gasteiger partial charge is 0.168 e. The molecule has 0 aliphatic rings. The molecule has 0 radical (unpaired) electrons. The van der Waals surface area contributed by atoms with Gasteiger partial charge >= 0.3 is 0 Å². The van der Waals surface area contributed by atoms with E-state index in [4.69, 9.17) is 0 Å². The molecule has 180 valence electrons. The molecule has 0 saturated carbocycles. The van der Waals surface area contributed by atoms with Crippen molar-refractivity contribution >= 4 is 11.0 Å². The summed E-state index contributed by atoms with van der Waals surface area (Å²) in [7, 11) is 0. The summed E-state index contributed by atoms with van der Waals surface area (Å²) in [5.74, 6) is 1.56. The first-order chi connectivity index (χ1) is 18.8. The summed E-state index contributed by atoms with van der Waals surface area (Å²) in [6, 6.07) is 45.2. The Hall–Kier alpha value is -5.36. The summed E-state index contributed by atoms with van der Waals surface area (Å²) in [5, 5.41) is 17.9. The third kappa shape index (κ3) is 3.85. The molecule has 6 heteroatoms. The Morgan fingerprint density at radius 2 is 0.921 bits per heavy atom. The molecule has 0 atom stereocenters. The van der Waals surface area contributed by atoms with Gasteiger partial charge < -0.3 is 0 Å². The van der Waals surface area contributed by atoms with E-state index in [2.05, 4.69) is 97.9 Å². The number of nitrogens with zero attached hydrogens (tertiary/aromatic N) is 6. The van der Waals surface area contributed by atoms with Crippen molar-refractivity contribution in [2.24, 2.45) is 0 Å². The monoisotopic (exact) mass is 490 g/mol. The molecule has 0 bridgehead atoms. The van der Waals surface area contributed by atoms with E-state index >= 15 is 0 Å². The first-order valence-corrected chi connectivity index (χ1v) is 12.4. The van der Waals surface area contributed by atoms with Crippen molar-refractivity contribution in [3.05, 3.63) is 133 Å². The molecule has 0 spiro atoms. The Labute approximate surface area is 219 Å². The first-order valence-electron chi connectivity index (χ1n) is 12.4. The molecule has 2 heterocycles. The van der Waals surface area contributed by atoms with Crippen LogP contribution in [0.25, 0.3) is 56.3 Å². The van der Waals surface area contributed by atoms with Gasteiger partial charge in [0.25, 0.3) is 0 Å². The molecule has 0 N–H and O–H groups in total. The second-order valence-electron chi connectivity index (χ2n) is 9.00. The van der Waals surface area contributed by atoms with Crippen LogP contribution in [0.5, 0.6) is 0 Å². The lowest BCUT2D eigenvalue weighted by Gasteiger charge is -2.12. The van der Waals surface area contributed by atoms with Gasteiger partial charge in [-0.15, -0.1) is 15.3 Å². The second-order valence-corrected chi connectivity index (χ2v) is 9.00. The van der Waals surface area contributed by atoms with Crippen molar-refractivity contribution in [3.8, 4) is 45.3 Å². The number of benzene rings is 5. The maximum absolute atomic E-state index is 4.64. The number of hydrogen-bond donors (Lipinski definition) is 0. The number of fused-ring (bicyclic) bond motifs is 1. The normalized spacial score (nSPS) is 11.2. The molecule has 0 amide bonds. The molecule has 0 aliphatic carbocycles. The van der Waals surface area contributed by atoms with Gasteiger partial charge in [0, 0.05) is 16.8 Å². The predicted molar refractivity (Wildman–Crippen MR) is 150 cm³/mol. The van der Waals surface area contributed by atoms with Crippen molar-refractivity contribution in [1.82, 2.24) is 29.8 Å². The standard InChI is InChI=1S/C32H22N6/c1-3-9-23(10-4-1)24-15-17-25(18-16-24)31-34-35-32(37(31)27-11-5-2-6-12-27)26-19-21-28(22-20-26)38-30-14-8-7-13-29(30)33-36-38/h1-22H. The van der Waals surface area contributed by atoms with E-state index in [1.807, 2.05) is 65.3 Å². The van der Waals surface area contributed by atoms with Gasteiger partial charge in [0.15, 0.2) is 11.6 Å². The van der Waals surface area contributed by atoms with Crippen LogP contribution in [0.15, 0.2) is 133 Å². The summed E-state index contributed by atoms with van der Waals surface area (Å²) < 4.78 is 3.96. The van der Waals surface area contributed by atoms with Crippen LogP contribution in [-0.4, -0.2) is 29.8 Å². The minimum Gasteiger partial charge on any atom is -0.275 e.